The first-order valence-electron chi connectivity index (χ1n) is 12.2. The lowest BCUT2D eigenvalue weighted by Crippen LogP contribution is -2.54. The Bertz CT molecular complexity index is 1080. The predicted molar refractivity (Wildman–Crippen MR) is 135 cm³/mol. The highest BCUT2D eigenvalue weighted by molar-refractivity contribution is 9.11. The van der Waals surface area contributed by atoms with Crippen molar-refractivity contribution in [3.05, 3.63) is 45.4 Å². The Kier molecular flexibility index (Phi) is 8.22. The zero-order valence-electron chi connectivity index (χ0n) is 20.5. The number of aliphatic hydroxyl groups is 1. The largest absolute Gasteiger partial charge is 0.387 e. The summed E-state index contributed by atoms with van der Waals surface area (Å²) in [5.41, 5.74) is 1.60. The zero-order chi connectivity index (χ0) is 26.7. The van der Waals surface area contributed by atoms with E-state index in [1.807, 2.05) is 6.08 Å². The molecule has 0 spiro atoms. The van der Waals surface area contributed by atoms with Gasteiger partial charge in [-0.2, -0.15) is 0 Å². The third kappa shape index (κ3) is 6.50. The SMILES string of the molecule is CNC1=CCC(Br)=CC(C(=O)N2CCC(F)(F)CC2)=C1N[C@@H]1CCCN(C(=O)C2=CC(=O)NC(O)N2)C1. The number of aliphatic hydroxyl groups excluding tert-OH is 1. The van der Waals surface area contributed by atoms with Crippen molar-refractivity contribution in [2.75, 3.05) is 33.2 Å². The summed E-state index contributed by atoms with van der Waals surface area (Å²) in [7, 11) is 1.74. The maximum atomic E-state index is 13.7. The van der Waals surface area contributed by atoms with E-state index in [1.165, 1.54) is 4.90 Å². The van der Waals surface area contributed by atoms with Crippen LogP contribution in [-0.4, -0.2) is 84.2 Å². The molecule has 4 aliphatic rings. The molecule has 2 saturated heterocycles. The number of carbonyl (C=O) groups excluding carboxylic acids is 3. The molecule has 10 nitrogen and oxygen atoms in total. The monoisotopic (exact) mass is 584 g/mol. The number of hydrogen-bond donors (Lipinski definition) is 5. The first-order valence-corrected chi connectivity index (χ1v) is 13.0. The zero-order valence-corrected chi connectivity index (χ0v) is 22.0. The summed E-state index contributed by atoms with van der Waals surface area (Å²) >= 11 is 3.50. The Hall–Kier alpha value is -2.93. The molecule has 13 heteroatoms. The number of amides is 3. The van der Waals surface area contributed by atoms with E-state index in [2.05, 4.69) is 37.2 Å². The van der Waals surface area contributed by atoms with Crippen molar-refractivity contribution < 1.29 is 28.3 Å². The van der Waals surface area contributed by atoms with Gasteiger partial charge >= 0.3 is 0 Å². The lowest BCUT2D eigenvalue weighted by molar-refractivity contribution is -0.133. The fourth-order valence-electron chi connectivity index (χ4n) is 4.80. The molecule has 3 aliphatic heterocycles. The first-order chi connectivity index (χ1) is 17.6. The number of piperidine rings is 2. The summed E-state index contributed by atoms with van der Waals surface area (Å²) in [6, 6.07) is -0.217. The standard InChI is InChI=1S/C24H31BrF2N6O4/c1-28-17-5-4-14(25)11-16(21(35)32-9-6-24(26,27)7-10-32)20(17)29-15-3-2-8-33(13-15)22(36)18-12-19(34)31-23(37)30-18/h5,11-12,15,23,28-30,37H,2-4,6-10,13H2,1H3,(H,31,34)/t15-,23?/m1/s1. The van der Waals surface area contributed by atoms with Gasteiger partial charge in [0.25, 0.3) is 17.7 Å². The van der Waals surface area contributed by atoms with Gasteiger partial charge in [-0.05, 0) is 29.8 Å². The van der Waals surface area contributed by atoms with Crippen molar-refractivity contribution in [3.8, 4) is 0 Å². The Balaban J connectivity index is 1.56. The second-order valence-electron chi connectivity index (χ2n) is 9.45. The van der Waals surface area contributed by atoms with Crippen molar-refractivity contribution in [3.63, 3.8) is 0 Å². The number of nitrogens with zero attached hydrogens (tertiary/aromatic N) is 2. The van der Waals surface area contributed by atoms with Gasteiger partial charge in [-0.25, -0.2) is 8.78 Å². The molecule has 2 fully saturated rings. The Morgan fingerprint density at radius 3 is 2.54 bits per heavy atom. The van der Waals surface area contributed by atoms with Crippen molar-refractivity contribution in [2.45, 2.75) is 50.4 Å². The fourth-order valence-corrected chi connectivity index (χ4v) is 5.19. The fraction of sp³-hybridized carbons (Fsp3) is 0.542. The third-order valence-corrected chi connectivity index (χ3v) is 7.31. The average molecular weight is 585 g/mol. The van der Waals surface area contributed by atoms with Crippen molar-refractivity contribution in [1.82, 2.24) is 31.1 Å². The van der Waals surface area contributed by atoms with E-state index in [1.54, 1.807) is 18.0 Å². The lowest BCUT2D eigenvalue weighted by Gasteiger charge is -2.36. The van der Waals surface area contributed by atoms with Crippen LogP contribution in [0, 0.1) is 0 Å². The highest BCUT2D eigenvalue weighted by atomic mass is 79.9. The minimum Gasteiger partial charge on any atom is -0.387 e. The van der Waals surface area contributed by atoms with Crippen molar-refractivity contribution in [1.29, 1.82) is 0 Å². The van der Waals surface area contributed by atoms with Crippen LogP contribution in [0.3, 0.4) is 0 Å². The summed E-state index contributed by atoms with van der Waals surface area (Å²) in [6.45, 7) is 0.721. The quantitative estimate of drug-likeness (QED) is 0.323. The number of allylic oxidation sites excluding steroid dienone is 2. The van der Waals surface area contributed by atoms with E-state index in [-0.39, 0.29) is 43.6 Å². The van der Waals surface area contributed by atoms with Gasteiger partial charge in [0.05, 0.1) is 17.0 Å². The minimum absolute atomic E-state index is 0.00558. The minimum atomic E-state index is -2.76. The molecule has 3 heterocycles. The van der Waals surface area contributed by atoms with Gasteiger partial charge in [0.15, 0.2) is 0 Å². The van der Waals surface area contributed by atoms with Gasteiger partial charge < -0.3 is 36.2 Å². The van der Waals surface area contributed by atoms with E-state index in [4.69, 9.17) is 0 Å². The molecule has 1 unspecified atom stereocenters. The van der Waals surface area contributed by atoms with Crippen LogP contribution in [0.1, 0.15) is 32.1 Å². The van der Waals surface area contributed by atoms with Gasteiger partial charge in [0, 0.05) is 58.2 Å². The summed E-state index contributed by atoms with van der Waals surface area (Å²) < 4.78 is 28.2. The molecule has 5 N–H and O–H groups in total. The summed E-state index contributed by atoms with van der Waals surface area (Å²) in [5, 5.41) is 21.1. The lowest BCUT2D eigenvalue weighted by atomic mass is 10.0. The van der Waals surface area contributed by atoms with Crippen LogP contribution >= 0.6 is 15.9 Å². The third-order valence-electron chi connectivity index (χ3n) is 6.76. The number of rotatable bonds is 5. The molecule has 37 heavy (non-hydrogen) atoms. The molecule has 3 amide bonds. The summed E-state index contributed by atoms with van der Waals surface area (Å²) in [5.74, 6) is -4.07. The molecular weight excluding hydrogens is 554 g/mol. The second kappa shape index (κ2) is 11.2. The predicted octanol–water partition coefficient (Wildman–Crippen LogP) is 0.744. The highest BCUT2D eigenvalue weighted by Crippen LogP contribution is 2.31. The molecule has 1 aliphatic carbocycles. The van der Waals surface area contributed by atoms with Crippen LogP contribution in [-0.2, 0) is 14.4 Å². The summed E-state index contributed by atoms with van der Waals surface area (Å²) in [6.07, 6.45) is 4.62. The van der Waals surface area contributed by atoms with Gasteiger partial charge in [-0.3, -0.25) is 14.4 Å². The van der Waals surface area contributed by atoms with Gasteiger partial charge in [-0.1, -0.05) is 22.0 Å². The molecule has 202 valence electrons. The van der Waals surface area contributed by atoms with Crippen LogP contribution in [0.15, 0.2) is 45.4 Å². The Morgan fingerprint density at radius 1 is 1.14 bits per heavy atom. The van der Waals surface area contributed by atoms with Gasteiger partial charge in [-0.15, -0.1) is 0 Å². The molecule has 0 bridgehead atoms. The number of nitrogens with one attached hydrogen (secondary N) is 4. The van der Waals surface area contributed by atoms with E-state index in [0.29, 0.717) is 42.9 Å². The van der Waals surface area contributed by atoms with E-state index in [9.17, 15) is 28.3 Å². The van der Waals surface area contributed by atoms with E-state index < -0.39 is 24.1 Å². The molecule has 0 radical (unpaired) electrons. The molecule has 0 aromatic carbocycles. The van der Waals surface area contributed by atoms with Crippen LogP contribution in [0.4, 0.5) is 8.78 Å². The topological polar surface area (TPSA) is 126 Å². The number of alkyl halides is 2. The number of hydrogen-bond acceptors (Lipinski definition) is 7. The molecule has 0 aromatic heterocycles. The van der Waals surface area contributed by atoms with Crippen LogP contribution in [0.2, 0.25) is 0 Å². The van der Waals surface area contributed by atoms with Gasteiger partial charge in [0.1, 0.15) is 5.70 Å². The number of halogens is 3. The molecule has 0 aromatic rings. The highest BCUT2D eigenvalue weighted by Gasteiger charge is 2.37. The van der Waals surface area contributed by atoms with E-state index in [0.717, 1.165) is 17.0 Å². The maximum Gasteiger partial charge on any atom is 0.270 e. The summed E-state index contributed by atoms with van der Waals surface area (Å²) in [4.78, 5) is 41.3. The number of carbonyl (C=O) groups is 3. The second-order valence-corrected chi connectivity index (χ2v) is 10.5. The molecular formula is C24H31BrF2N6O4. The Morgan fingerprint density at radius 2 is 1.86 bits per heavy atom. The van der Waals surface area contributed by atoms with Crippen LogP contribution < -0.4 is 21.3 Å². The average Bonchev–Trinajstić information content (AvgIpc) is 3.01. The molecule has 4 rings (SSSR count). The Labute approximate surface area is 222 Å². The van der Waals surface area contributed by atoms with Gasteiger partial charge in [0.2, 0.25) is 12.3 Å². The number of likely N-dealkylation sites (N-methyl/N-ethyl adjacent to an activating group) is 1. The van der Waals surface area contributed by atoms with Crippen molar-refractivity contribution >= 4 is 33.7 Å². The maximum absolute atomic E-state index is 13.7. The van der Waals surface area contributed by atoms with Crippen molar-refractivity contribution in [2.24, 2.45) is 0 Å². The normalized spacial score (nSPS) is 26.2. The smallest absolute Gasteiger partial charge is 0.270 e. The first kappa shape index (κ1) is 27.1. The van der Waals surface area contributed by atoms with E-state index >= 15 is 0 Å². The van der Waals surface area contributed by atoms with Crippen LogP contribution in [0.25, 0.3) is 0 Å². The molecule has 2 atom stereocenters. The van der Waals surface area contributed by atoms with Crippen LogP contribution in [0.5, 0.6) is 0 Å². The molecule has 0 saturated carbocycles. The number of likely N-dealkylation sites (tertiary alicyclic amines) is 2.